The van der Waals surface area contributed by atoms with Crippen LogP contribution in [0.5, 0.6) is 0 Å². The number of aryl methyl sites for hydroxylation is 1. The summed E-state index contributed by atoms with van der Waals surface area (Å²) in [5.41, 5.74) is 2.08. The minimum atomic E-state index is 0.0578. The minimum absolute atomic E-state index is 0.0578. The Morgan fingerprint density at radius 3 is 2.95 bits per heavy atom. The summed E-state index contributed by atoms with van der Waals surface area (Å²) in [6.45, 7) is 1.46. The monoisotopic (exact) mass is 303 g/mol. The number of amides is 1. The number of hydrogen-bond donors (Lipinski definition) is 1. The normalized spacial score (nSPS) is 29.7. The molecule has 5 heteroatoms. The molecule has 0 radical (unpaired) electrons. The number of aromatic nitrogens is 2. The van der Waals surface area contributed by atoms with Crippen molar-refractivity contribution in [1.82, 2.24) is 15.1 Å². The maximum atomic E-state index is 12.7. The highest BCUT2D eigenvalue weighted by Crippen LogP contribution is 2.56. The lowest BCUT2D eigenvalue weighted by atomic mass is 9.85. The van der Waals surface area contributed by atoms with E-state index in [4.69, 9.17) is 4.74 Å². The standard InChI is InChI=1S/C17H25N3O2/c1-20-10-13(15(19-20)12-5-8-22-11-12)16(21)18-14-9-17(14)6-3-2-4-7-17/h10,12,14H,2-9,11H2,1H3,(H,18,21)/t12-,14+/m0/s1. The summed E-state index contributed by atoms with van der Waals surface area (Å²) < 4.78 is 7.21. The second-order valence-corrected chi connectivity index (χ2v) is 7.32. The zero-order chi connectivity index (χ0) is 15.2. The Balaban J connectivity index is 1.47. The molecular weight excluding hydrogens is 278 g/mol. The summed E-state index contributed by atoms with van der Waals surface area (Å²) >= 11 is 0. The van der Waals surface area contributed by atoms with E-state index < -0.39 is 0 Å². The lowest BCUT2D eigenvalue weighted by Crippen LogP contribution is -2.31. The van der Waals surface area contributed by atoms with Crippen molar-refractivity contribution in [3.05, 3.63) is 17.5 Å². The Labute approximate surface area is 131 Å². The van der Waals surface area contributed by atoms with Gasteiger partial charge in [0.25, 0.3) is 5.91 Å². The van der Waals surface area contributed by atoms with Crippen LogP contribution >= 0.6 is 0 Å². The summed E-state index contributed by atoms with van der Waals surface area (Å²) in [5, 5.41) is 7.80. The number of hydrogen-bond acceptors (Lipinski definition) is 3. The molecule has 1 amide bonds. The predicted molar refractivity (Wildman–Crippen MR) is 82.8 cm³/mol. The lowest BCUT2D eigenvalue weighted by Gasteiger charge is -2.22. The number of nitrogens with zero attached hydrogens (tertiary/aromatic N) is 2. The third kappa shape index (κ3) is 2.45. The molecule has 0 unspecified atom stereocenters. The number of carbonyl (C=O) groups is 1. The van der Waals surface area contributed by atoms with Crippen molar-refractivity contribution in [2.24, 2.45) is 12.5 Å². The first-order valence-corrected chi connectivity index (χ1v) is 8.60. The topological polar surface area (TPSA) is 56.2 Å². The van der Waals surface area contributed by atoms with E-state index in [1.807, 2.05) is 13.2 Å². The van der Waals surface area contributed by atoms with E-state index in [-0.39, 0.29) is 11.8 Å². The molecule has 1 spiro atoms. The molecule has 2 saturated carbocycles. The Morgan fingerprint density at radius 1 is 1.41 bits per heavy atom. The fourth-order valence-electron chi connectivity index (χ4n) is 4.33. The van der Waals surface area contributed by atoms with Crippen LogP contribution in [0.4, 0.5) is 0 Å². The minimum Gasteiger partial charge on any atom is -0.381 e. The molecule has 2 aliphatic carbocycles. The fraction of sp³-hybridized carbons (Fsp3) is 0.765. The van der Waals surface area contributed by atoms with Gasteiger partial charge in [0, 0.05) is 31.8 Å². The van der Waals surface area contributed by atoms with E-state index in [1.165, 1.54) is 38.5 Å². The van der Waals surface area contributed by atoms with Gasteiger partial charge in [-0.3, -0.25) is 9.48 Å². The molecule has 5 nitrogen and oxygen atoms in total. The van der Waals surface area contributed by atoms with Crippen LogP contribution in [-0.2, 0) is 11.8 Å². The lowest BCUT2D eigenvalue weighted by molar-refractivity contribution is 0.0940. The number of rotatable bonds is 3. The highest BCUT2D eigenvalue weighted by Gasteiger charge is 2.54. The Kier molecular flexibility index (Phi) is 3.48. The Bertz CT molecular complexity index is 568. The van der Waals surface area contributed by atoms with Gasteiger partial charge in [-0.25, -0.2) is 0 Å². The van der Waals surface area contributed by atoms with Crippen LogP contribution in [0.25, 0.3) is 0 Å². The third-order valence-corrected chi connectivity index (χ3v) is 5.76. The average molecular weight is 303 g/mol. The number of carbonyl (C=O) groups excluding carboxylic acids is 1. The number of ether oxygens (including phenoxy) is 1. The van der Waals surface area contributed by atoms with Crippen LogP contribution < -0.4 is 5.32 Å². The van der Waals surface area contributed by atoms with Gasteiger partial charge < -0.3 is 10.1 Å². The summed E-state index contributed by atoms with van der Waals surface area (Å²) in [6, 6.07) is 0.383. The molecule has 22 heavy (non-hydrogen) atoms. The van der Waals surface area contributed by atoms with E-state index in [1.54, 1.807) is 4.68 Å². The quantitative estimate of drug-likeness (QED) is 0.932. The molecule has 1 aromatic heterocycles. The van der Waals surface area contributed by atoms with Gasteiger partial charge in [-0.1, -0.05) is 19.3 Å². The maximum absolute atomic E-state index is 12.7. The van der Waals surface area contributed by atoms with E-state index in [0.717, 1.165) is 24.3 Å². The summed E-state index contributed by atoms with van der Waals surface area (Å²) in [5.74, 6) is 0.326. The highest BCUT2D eigenvalue weighted by molar-refractivity contribution is 5.95. The van der Waals surface area contributed by atoms with Crippen molar-refractivity contribution in [3.63, 3.8) is 0 Å². The van der Waals surface area contributed by atoms with E-state index in [0.29, 0.717) is 18.1 Å². The van der Waals surface area contributed by atoms with Crippen LogP contribution in [0.2, 0.25) is 0 Å². The first-order chi connectivity index (χ1) is 10.7. The molecule has 1 saturated heterocycles. The van der Waals surface area contributed by atoms with Gasteiger partial charge in [0.15, 0.2) is 0 Å². The molecule has 3 fully saturated rings. The zero-order valence-electron chi connectivity index (χ0n) is 13.3. The molecule has 1 aromatic rings. The first kappa shape index (κ1) is 14.2. The molecular formula is C17H25N3O2. The van der Waals surface area contributed by atoms with Gasteiger partial charge in [0.1, 0.15) is 0 Å². The smallest absolute Gasteiger partial charge is 0.255 e. The summed E-state index contributed by atoms with van der Waals surface area (Å²) in [6.07, 6.45) is 10.6. The van der Waals surface area contributed by atoms with Gasteiger partial charge in [0.2, 0.25) is 0 Å². The second-order valence-electron chi connectivity index (χ2n) is 7.32. The van der Waals surface area contributed by atoms with Crippen molar-refractivity contribution in [1.29, 1.82) is 0 Å². The summed E-state index contributed by atoms with van der Waals surface area (Å²) in [4.78, 5) is 12.7. The van der Waals surface area contributed by atoms with Gasteiger partial charge in [-0.2, -0.15) is 5.10 Å². The van der Waals surface area contributed by atoms with Gasteiger partial charge >= 0.3 is 0 Å². The molecule has 0 bridgehead atoms. The molecule has 3 aliphatic rings. The molecule has 1 N–H and O–H groups in total. The van der Waals surface area contributed by atoms with Gasteiger partial charge in [-0.05, 0) is 31.1 Å². The van der Waals surface area contributed by atoms with Gasteiger partial charge in [-0.15, -0.1) is 0 Å². The Hall–Kier alpha value is -1.36. The molecule has 120 valence electrons. The van der Waals surface area contributed by atoms with Crippen LogP contribution in [-0.4, -0.2) is 34.9 Å². The van der Waals surface area contributed by atoms with E-state index in [9.17, 15) is 4.79 Å². The van der Waals surface area contributed by atoms with E-state index >= 15 is 0 Å². The van der Waals surface area contributed by atoms with Crippen molar-refractivity contribution in [3.8, 4) is 0 Å². The number of nitrogens with one attached hydrogen (secondary N) is 1. The van der Waals surface area contributed by atoms with Crippen molar-refractivity contribution in [2.75, 3.05) is 13.2 Å². The Morgan fingerprint density at radius 2 is 2.23 bits per heavy atom. The largest absolute Gasteiger partial charge is 0.381 e. The van der Waals surface area contributed by atoms with Crippen molar-refractivity contribution >= 4 is 5.91 Å². The third-order valence-electron chi connectivity index (χ3n) is 5.76. The fourth-order valence-corrected chi connectivity index (χ4v) is 4.33. The van der Waals surface area contributed by atoms with Gasteiger partial charge in [0.05, 0.1) is 17.9 Å². The van der Waals surface area contributed by atoms with Crippen molar-refractivity contribution < 1.29 is 9.53 Å². The SMILES string of the molecule is Cn1cc(C(=O)N[C@@H]2CC23CCCCC3)c([C@H]2CCOC2)n1. The molecule has 4 rings (SSSR count). The molecule has 0 aromatic carbocycles. The highest BCUT2D eigenvalue weighted by atomic mass is 16.5. The van der Waals surface area contributed by atoms with E-state index in [2.05, 4.69) is 10.4 Å². The zero-order valence-corrected chi connectivity index (χ0v) is 13.3. The van der Waals surface area contributed by atoms with Crippen LogP contribution in [0.15, 0.2) is 6.20 Å². The average Bonchev–Trinajstić information content (AvgIpc) is 2.92. The predicted octanol–water partition coefficient (Wildman–Crippen LogP) is 2.38. The van der Waals surface area contributed by atoms with Crippen LogP contribution in [0, 0.1) is 5.41 Å². The van der Waals surface area contributed by atoms with Crippen molar-refractivity contribution in [2.45, 2.75) is 56.9 Å². The first-order valence-electron chi connectivity index (χ1n) is 8.60. The van der Waals surface area contributed by atoms with Crippen LogP contribution in [0.3, 0.4) is 0 Å². The van der Waals surface area contributed by atoms with Crippen LogP contribution in [0.1, 0.15) is 66.9 Å². The maximum Gasteiger partial charge on any atom is 0.255 e. The molecule has 2 atom stereocenters. The summed E-state index contributed by atoms with van der Waals surface area (Å²) in [7, 11) is 1.88. The molecule has 2 heterocycles. The molecule has 1 aliphatic heterocycles. The second kappa shape index (κ2) is 5.37.